The van der Waals surface area contributed by atoms with Crippen LogP contribution in [-0.2, 0) is 11.3 Å². The number of rotatable bonds is 9. The Kier molecular flexibility index (Phi) is 8.15. The van der Waals surface area contributed by atoms with E-state index in [-0.39, 0.29) is 17.8 Å². The molecular formula is C23H26ClFN4O2S. The third-order valence-electron chi connectivity index (χ3n) is 4.56. The lowest BCUT2D eigenvalue weighted by atomic mass is 10.2. The summed E-state index contributed by atoms with van der Waals surface area (Å²) in [5.74, 6) is 1.00. The predicted octanol–water partition coefficient (Wildman–Crippen LogP) is 5.99. The van der Waals surface area contributed by atoms with Crippen LogP contribution in [0.1, 0.15) is 39.6 Å². The number of ether oxygens (including phenoxy) is 1. The summed E-state index contributed by atoms with van der Waals surface area (Å²) >= 11 is 7.54. The van der Waals surface area contributed by atoms with Gasteiger partial charge in [0.2, 0.25) is 5.91 Å². The summed E-state index contributed by atoms with van der Waals surface area (Å²) in [5.41, 5.74) is 0.537. The number of benzene rings is 2. The molecule has 1 amide bonds. The van der Waals surface area contributed by atoms with Crippen LogP contribution in [0.15, 0.2) is 53.7 Å². The molecule has 0 saturated carbocycles. The molecule has 0 radical (unpaired) electrons. The Morgan fingerprint density at radius 3 is 2.47 bits per heavy atom. The first-order valence-electron chi connectivity index (χ1n) is 10.3. The second-order valence-corrected chi connectivity index (χ2v) is 9.51. The molecule has 1 aromatic heterocycles. The van der Waals surface area contributed by atoms with E-state index in [0.29, 0.717) is 39.9 Å². The lowest BCUT2D eigenvalue weighted by Crippen LogP contribution is -2.23. The standard InChI is InChI=1S/C23H26ClFN4O2S/c1-14(2)13-29-21(15(3)31-20-8-6-5-7-19(20)24)27-28-23(29)32-16(4)22(30)26-18-11-9-17(25)10-12-18/h5-12,14-16H,13H2,1-4H3,(H,26,30). The Labute approximate surface area is 196 Å². The van der Waals surface area contributed by atoms with Crippen molar-refractivity contribution in [3.63, 3.8) is 0 Å². The third kappa shape index (κ3) is 6.23. The molecule has 32 heavy (non-hydrogen) atoms. The van der Waals surface area contributed by atoms with Gasteiger partial charge in [-0.1, -0.05) is 49.3 Å². The molecule has 2 aromatic carbocycles. The number of para-hydroxylation sites is 1. The quantitative estimate of drug-likeness (QED) is 0.384. The molecule has 170 valence electrons. The first-order chi connectivity index (χ1) is 15.2. The van der Waals surface area contributed by atoms with Crippen LogP contribution in [-0.4, -0.2) is 25.9 Å². The van der Waals surface area contributed by atoms with Crippen molar-refractivity contribution in [2.24, 2.45) is 5.92 Å². The number of hydrogen-bond acceptors (Lipinski definition) is 5. The van der Waals surface area contributed by atoms with Crippen LogP contribution in [0.2, 0.25) is 5.02 Å². The maximum Gasteiger partial charge on any atom is 0.237 e. The molecule has 0 bridgehead atoms. The number of aromatic nitrogens is 3. The summed E-state index contributed by atoms with van der Waals surface area (Å²) in [5, 5.41) is 12.2. The number of anilines is 1. The molecule has 9 heteroatoms. The highest BCUT2D eigenvalue weighted by Gasteiger charge is 2.24. The number of hydrogen-bond donors (Lipinski definition) is 1. The summed E-state index contributed by atoms with van der Waals surface area (Å²) < 4.78 is 21.1. The first-order valence-corrected chi connectivity index (χ1v) is 11.6. The predicted molar refractivity (Wildman–Crippen MR) is 126 cm³/mol. The van der Waals surface area contributed by atoms with Crippen molar-refractivity contribution in [1.82, 2.24) is 14.8 Å². The SMILES string of the molecule is CC(C)Cn1c(SC(C)C(=O)Nc2ccc(F)cc2)nnc1C(C)Oc1ccccc1Cl. The van der Waals surface area contributed by atoms with E-state index in [1.54, 1.807) is 19.1 Å². The smallest absolute Gasteiger partial charge is 0.237 e. The van der Waals surface area contributed by atoms with Crippen molar-refractivity contribution < 1.29 is 13.9 Å². The minimum atomic E-state index is -0.442. The molecule has 1 N–H and O–H groups in total. The molecule has 0 fully saturated rings. The van der Waals surface area contributed by atoms with E-state index in [0.717, 1.165) is 0 Å². The lowest BCUT2D eigenvalue weighted by Gasteiger charge is -2.19. The molecule has 3 rings (SSSR count). The summed E-state index contributed by atoms with van der Waals surface area (Å²) in [6.07, 6.45) is -0.390. The molecule has 0 aliphatic rings. The maximum atomic E-state index is 13.1. The van der Waals surface area contributed by atoms with Crippen LogP contribution in [0.5, 0.6) is 5.75 Å². The minimum Gasteiger partial charge on any atom is -0.481 e. The van der Waals surface area contributed by atoms with Gasteiger partial charge < -0.3 is 14.6 Å². The highest BCUT2D eigenvalue weighted by Crippen LogP contribution is 2.31. The maximum absolute atomic E-state index is 13.1. The third-order valence-corrected chi connectivity index (χ3v) is 5.95. The fraction of sp³-hybridized carbons (Fsp3) is 0.348. The first kappa shape index (κ1) is 24.1. The highest BCUT2D eigenvalue weighted by atomic mass is 35.5. The Morgan fingerprint density at radius 2 is 1.81 bits per heavy atom. The zero-order valence-corrected chi connectivity index (χ0v) is 20.0. The summed E-state index contributed by atoms with van der Waals surface area (Å²) in [7, 11) is 0. The fourth-order valence-electron chi connectivity index (χ4n) is 3.00. The molecule has 6 nitrogen and oxygen atoms in total. The van der Waals surface area contributed by atoms with Crippen molar-refractivity contribution in [3.8, 4) is 5.75 Å². The second kappa shape index (κ2) is 10.8. The van der Waals surface area contributed by atoms with Crippen LogP contribution in [0.3, 0.4) is 0 Å². The molecule has 0 spiro atoms. The fourth-order valence-corrected chi connectivity index (χ4v) is 4.04. The van der Waals surface area contributed by atoms with E-state index in [4.69, 9.17) is 16.3 Å². The van der Waals surface area contributed by atoms with Gasteiger partial charge in [-0.05, 0) is 56.2 Å². The normalized spacial score (nSPS) is 13.1. The summed E-state index contributed by atoms with van der Waals surface area (Å²) in [6, 6.07) is 12.9. The highest BCUT2D eigenvalue weighted by molar-refractivity contribution is 8.00. The number of halogens is 2. The van der Waals surface area contributed by atoms with Gasteiger partial charge in [-0.15, -0.1) is 10.2 Å². The van der Waals surface area contributed by atoms with Gasteiger partial charge >= 0.3 is 0 Å². The van der Waals surface area contributed by atoms with Gasteiger partial charge in [0.05, 0.1) is 10.3 Å². The molecule has 2 unspecified atom stereocenters. The number of nitrogens with zero attached hydrogens (tertiary/aromatic N) is 3. The topological polar surface area (TPSA) is 69.0 Å². The van der Waals surface area contributed by atoms with Gasteiger partial charge in [0.15, 0.2) is 17.1 Å². The average molecular weight is 477 g/mol. The van der Waals surface area contributed by atoms with E-state index in [9.17, 15) is 9.18 Å². The number of amides is 1. The van der Waals surface area contributed by atoms with Gasteiger partial charge in [-0.3, -0.25) is 4.79 Å². The van der Waals surface area contributed by atoms with Crippen molar-refractivity contribution in [3.05, 3.63) is 65.2 Å². The van der Waals surface area contributed by atoms with E-state index in [1.165, 1.54) is 36.0 Å². The van der Waals surface area contributed by atoms with Crippen molar-refractivity contribution in [1.29, 1.82) is 0 Å². The molecule has 1 heterocycles. The summed E-state index contributed by atoms with van der Waals surface area (Å²) in [4.78, 5) is 12.6. The van der Waals surface area contributed by atoms with E-state index >= 15 is 0 Å². The lowest BCUT2D eigenvalue weighted by molar-refractivity contribution is -0.115. The largest absolute Gasteiger partial charge is 0.481 e. The van der Waals surface area contributed by atoms with Crippen molar-refractivity contribution in [2.75, 3.05) is 5.32 Å². The van der Waals surface area contributed by atoms with Crippen LogP contribution in [0.4, 0.5) is 10.1 Å². The van der Waals surface area contributed by atoms with Crippen molar-refractivity contribution >= 4 is 35.0 Å². The van der Waals surface area contributed by atoms with Crippen LogP contribution < -0.4 is 10.1 Å². The molecule has 0 saturated heterocycles. The number of thioether (sulfide) groups is 1. The van der Waals surface area contributed by atoms with Crippen LogP contribution in [0, 0.1) is 11.7 Å². The van der Waals surface area contributed by atoms with E-state index in [1.807, 2.05) is 23.6 Å². The van der Waals surface area contributed by atoms with E-state index < -0.39 is 5.25 Å². The minimum absolute atomic E-state index is 0.206. The Hall–Kier alpha value is -2.58. The molecule has 3 aromatic rings. The zero-order valence-electron chi connectivity index (χ0n) is 18.4. The van der Waals surface area contributed by atoms with Gasteiger partial charge in [-0.25, -0.2) is 4.39 Å². The van der Waals surface area contributed by atoms with Crippen LogP contribution in [0.25, 0.3) is 0 Å². The van der Waals surface area contributed by atoms with Gasteiger partial charge in [0.25, 0.3) is 0 Å². The van der Waals surface area contributed by atoms with Crippen molar-refractivity contribution in [2.45, 2.75) is 50.8 Å². The Morgan fingerprint density at radius 1 is 1.12 bits per heavy atom. The summed E-state index contributed by atoms with van der Waals surface area (Å²) in [6.45, 7) is 8.56. The van der Waals surface area contributed by atoms with Gasteiger partial charge in [-0.2, -0.15) is 0 Å². The average Bonchev–Trinajstić information content (AvgIpc) is 3.13. The zero-order chi connectivity index (χ0) is 23.3. The Bertz CT molecular complexity index is 1060. The monoisotopic (exact) mass is 476 g/mol. The molecule has 0 aliphatic carbocycles. The molecular weight excluding hydrogens is 451 g/mol. The number of nitrogens with one attached hydrogen (secondary N) is 1. The number of carbonyl (C=O) groups excluding carboxylic acids is 1. The van der Waals surface area contributed by atoms with Crippen LogP contribution >= 0.6 is 23.4 Å². The van der Waals surface area contributed by atoms with E-state index in [2.05, 4.69) is 29.4 Å². The molecule has 2 atom stereocenters. The molecule has 0 aliphatic heterocycles. The Balaban J connectivity index is 1.75. The van der Waals surface area contributed by atoms with Gasteiger partial charge in [0, 0.05) is 12.2 Å². The second-order valence-electron chi connectivity index (χ2n) is 7.79. The van der Waals surface area contributed by atoms with Gasteiger partial charge in [0.1, 0.15) is 11.6 Å². The number of carbonyl (C=O) groups is 1.